The van der Waals surface area contributed by atoms with Crippen LogP contribution in [0.3, 0.4) is 0 Å². The van der Waals surface area contributed by atoms with E-state index >= 15 is 0 Å². The highest BCUT2D eigenvalue weighted by Crippen LogP contribution is 2.42. The Morgan fingerprint density at radius 2 is 1.12 bits per heavy atom. The van der Waals surface area contributed by atoms with Gasteiger partial charge in [-0.3, -0.25) is 8.37 Å². The second-order valence-corrected chi connectivity index (χ2v) is 35.4. The zero-order valence-electron chi connectivity index (χ0n) is 45.1. The van der Waals surface area contributed by atoms with Gasteiger partial charge in [0, 0.05) is 6.61 Å². The van der Waals surface area contributed by atoms with Crippen LogP contribution in [0.1, 0.15) is 178 Å². The predicted molar refractivity (Wildman–Crippen MR) is 286 cm³/mol. The molecule has 11 nitrogen and oxygen atoms in total. The summed E-state index contributed by atoms with van der Waals surface area (Å²) in [4.78, 5) is 0. The topological polar surface area (TPSA) is 133 Å². The normalized spacial score (nSPS) is 21.9. The molecule has 0 bridgehead atoms. The second-order valence-electron chi connectivity index (χ2n) is 23.1. The van der Waals surface area contributed by atoms with Crippen molar-refractivity contribution in [2.75, 3.05) is 19.1 Å². The minimum absolute atomic E-state index is 0.0609. The lowest BCUT2D eigenvalue weighted by molar-refractivity contribution is -0.147. The molecule has 2 saturated heterocycles. The molecular formula is C54H94O11S2Si2. The molecule has 0 spiro atoms. The van der Waals surface area contributed by atoms with Gasteiger partial charge in [0.25, 0.3) is 28.6 Å². The maximum Gasteiger partial charge on any atom is 0.264 e. The minimum Gasteiger partial charge on any atom is -0.411 e. The zero-order valence-corrected chi connectivity index (χ0v) is 48.7. The Hall–Kier alpha value is -1.51. The van der Waals surface area contributed by atoms with Gasteiger partial charge < -0.3 is 23.1 Å². The molecule has 0 saturated carbocycles. The summed E-state index contributed by atoms with van der Waals surface area (Å²) in [7, 11) is -13.2. The smallest absolute Gasteiger partial charge is 0.264 e. The standard InChI is InChI=1S/C54H94O11S2Si2/c1-14-15-16-17-18-19-20-21-22-29-34-47-48(62-54(8,9)61-47)37-38-49(63-66(10,55)56)50(64-67(11,57)58)39-40-51(65-68(12,13)52(2,3)4)46-36-35-43(60-46)41-42-59-69(53(5,6)7,44-30-25-23-26-31-44)45-32-27-24-28-33-45/h23-28,30-33,43,46-51H,14-22,29,34-42H2,1-13H3/t43-,46-,47-,48-,49+,50+,51-/m1/s1. The molecule has 2 aromatic carbocycles. The largest absolute Gasteiger partial charge is 0.411 e. The van der Waals surface area contributed by atoms with Crippen LogP contribution in [0.4, 0.5) is 0 Å². The number of rotatable bonds is 31. The number of unbranched alkanes of at least 4 members (excludes halogenated alkanes) is 9. The van der Waals surface area contributed by atoms with E-state index < -0.39 is 61.0 Å². The Morgan fingerprint density at radius 1 is 0.638 bits per heavy atom. The van der Waals surface area contributed by atoms with Crippen LogP contribution in [0.25, 0.3) is 0 Å². The average Bonchev–Trinajstić information content (AvgIpc) is 3.84. The van der Waals surface area contributed by atoms with Gasteiger partial charge in [-0.1, -0.05) is 173 Å². The Balaban J connectivity index is 1.49. The molecule has 2 fully saturated rings. The Kier molecular flexibility index (Phi) is 23.2. The molecule has 2 heterocycles. The third kappa shape index (κ3) is 19.4. The maximum atomic E-state index is 13.0. The van der Waals surface area contributed by atoms with Crippen molar-refractivity contribution in [2.24, 2.45) is 0 Å². The van der Waals surface area contributed by atoms with E-state index in [-0.39, 0.29) is 47.3 Å². The highest BCUT2D eigenvalue weighted by molar-refractivity contribution is 7.86. The van der Waals surface area contributed by atoms with Crippen molar-refractivity contribution in [1.29, 1.82) is 0 Å². The third-order valence-electron chi connectivity index (χ3n) is 14.6. The quantitative estimate of drug-likeness (QED) is 0.0406. The summed E-state index contributed by atoms with van der Waals surface area (Å²) in [5.74, 6) is -0.801. The van der Waals surface area contributed by atoms with Crippen molar-refractivity contribution in [3.05, 3.63) is 60.7 Å². The van der Waals surface area contributed by atoms with E-state index in [2.05, 4.69) is 122 Å². The van der Waals surface area contributed by atoms with Gasteiger partial charge in [0.1, 0.15) is 12.2 Å². The molecule has 0 amide bonds. The Morgan fingerprint density at radius 3 is 1.59 bits per heavy atom. The van der Waals surface area contributed by atoms with E-state index in [1.807, 2.05) is 13.8 Å². The number of ether oxygens (including phenoxy) is 3. The third-order valence-corrected chi connectivity index (χ3v) is 25.3. The van der Waals surface area contributed by atoms with E-state index in [1.54, 1.807) is 0 Å². The zero-order chi connectivity index (χ0) is 51.2. The molecule has 0 N–H and O–H groups in total. The molecule has 396 valence electrons. The van der Waals surface area contributed by atoms with Crippen LogP contribution >= 0.6 is 0 Å². The first-order valence-corrected chi connectivity index (χ1v) is 34.8. The highest BCUT2D eigenvalue weighted by Gasteiger charge is 2.51. The number of hydrogen-bond acceptors (Lipinski definition) is 11. The summed E-state index contributed by atoms with van der Waals surface area (Å²) < 4.78 is 97.4. The summed E-state index contributed by atoms with van der Waals surface area (Å²) in [5, 5.41) is 2.21. The van der Waals surface area contributed by atoms with Gasteiger partial charge in [0.15, 0.2) is 14.1 Å². The van der Waals surface area contributed by atoms with Crippen molar-refractivity contribution < 1.29 is 48.3 Å². The Bertz CT molecular complexity index is 1960. The highest BCUT2D eigenvalue weighted by atomic mass is 32.2. The van der Waals surface area contributed by atoms with Crippen LogP contribution in [0.2, 0.25) is 23.2 Å². The fourth-order valence-corrected chi connectivity index (χ4v) is 17.4. The molecule has 2 aliphatic rings. The second kappa shape index (κ2) is 26.6. The first kappa shape index (κ1) is 60.1. The van der Waals surface area contributed by atoms with Gasteiger partial charge in [0.05, 0.1) is 43.0 Å². The molecule has 2 aromatic rings. The van der Waals surface area contributed by atoms with Crippen molar-refractivity contribution >= 4 is 47.2 Å². The van der Waals surface area contributed by atoms with Gasteiger partial charge in [-0.05, 0) is 98.8 Å². The van der Waals surface area contributed by atoms with Crippen LogP contribution in [0.5, 0.6) is 0 Å². The molecular weight excluding hydrogens is 945 g/mol. The minimum atomic E-state index is -4.03. The van der Waals surface area contributed by atoms with E-state index in [4.69, 9.17) is 31.4 Å². The molecule has 0 aliphatic carbocycles. The molecule has 0 radical (unpaired) electrons. The van der Waals surface area contributed by atoms with Crippen molar-refractivity contribution in [1.82, 2.24) is 0 Å². The van der Waals surface area contributed by atoms with Crippen LogP contribution in [0, 0.1) is 0 Å². The molecule has 15 heteroatoms. The van der Waals surface area contributed by atoms with E-state index in [0.29, 0.717) is 25.9 Å². The number of benzene rings is 2. The lowest BCUT2D eigenvalue weighted by atomic mass is 9.96. The Labute approximate surface area is 422 Å². The van der Waals surface area contributed by atoms with Gasteiger partial charge in [0.2, 0.25) is 0 Å². The summed E-state index contributed by atoms with van der Waals surface area (Å²) in [6.07, 6.45) is 15.2. The predicted octanol–water partition coefficient (Wildman–Crippen LogP) is 12.0. The van der Waals surface area contributed by atoms with Crippen LogP contribution in [0.15, 0.2) is 60.7 Å². The van der Waals surface area contributed by atoms with Crippen molar-refractivity contribution in [3.8, 4) is 0 Å². The first-order valence-electron chi connectivity index (χ1n) is 26.4. The molecule has 2 aliphatic heterocycles. The maximum absolute atomic E-state index is 13.0. The van der Waals surface area contributed by atoms with Crippen molar-refractivity contribution in [3.63, 3.8) is 0 Å². The summed E-state index contributed by atoms with van der Waals surface area (Å²) in [6, 6.07) is 21.3. The fraction of sp³-hybridized carbons (Fsp3) is 0.778. The fourth-order valence-electron chi connectivity index (χ4n) is 10.1. The molecule has 69 heavy (non-hydrogen) atoms. The van der Waals surface area contributed by atoms with E-state index in [1.165, 1.54) is 61.7 Å². The summed E-state index contributed by atoms with van der Waals surface area (Å²) in [6.45, 7) is 24.4. The lowest BCUT2D eigenvalue weighted by Crippen LogP contribution is -2.66. The van der Waals surface area contributed by atoms with Crippen LogP contribution < -0.4 is 10.4 Å². The van der Waals surface area contributed by atoms with Gasteiger partial charge in [-0.25, -0.2) is 0 Å². The first-order chi connectivity index (χ1) is 32.2. The van der Waals surface area contributed by atoms with Crippen LogP contribution in [-0.4, -0.2) is 101 Å². The van der Waals surface area contributed by atoms with Gasteiger partial charge in [-0.15, -0.1) is 0 Å². The molecule has 0 aromatic heterocycles. The average molecular weight is 1040 g/mol. The van der Waals surface area contributed by atoms with E-state index in [0.717, 1.165) is 44.6 Å². The lowest BCUT2D eigenvalue weighted by Gasteiger charge is -2.43. The van der Waals surface area contributed by atoms with Crippen LogP contribution in [-0.2, 0) is 51.7 Å². The summed E-state index contributed by atoms with van der Waals surface area (Å²) in [5.41, 5.74) is 0. The summed E-state index contributed by atoms with van der Waals surface area (Å²) >= 11 is 0. The van der Waals surface area contributed by atoms with Gasteiger partial charge in [-0.2, -0.15) is 16.8 Å². The molecule has 4 rings (SSSR count). The molecule has 7 atom stereocenters. The SMILES string of the molecule is CCCCCCCCCCCC[C@H]1OC(C)(C)O[C@@H]1CC[C@H](OS(C)(=O)=O)[C@H](CC[C@@H](O[Si](C)(C)C(C)(C)C)[C@H]1CC[C@H](CCO[Si](c2ccccc2)(c2ccccc2)C(C)(C)C)O1)OS(C)(=O)=O. The number of hydrogen-bond donors (Lipinski definition) is 0. The monoisotopic (exact) mass is 1040 g/mol. The van der Waals surface area contributed by atoms with Gasteiger partial charge >= 0.3 is 0 Å². The van der Waals surface area contributed by atoms with E-state index in [9.17, 15) is 16.8 Å². The van der Waals surface area contributed by atoms with Crippen molar-refractivity contribution in [2.45, 2.75) is 250 Å². The molecule has 0 unspecified atom stereocenters.